The van der Waals surface area contributed by atoms with Crippen molar-refractivity contribution >= 4 is 11.6 Å². The quantitative estimate of drug-likeness (QED) is 0.248. The molecule has 192 valence electrons. The normalized spacial score (nSPS) is 16.2. The van der Waals surface area contributed by atoms with E-state index in [9.17, 15) is 26.3 Å². The van der Waals surface area contributed by atoms with E-state index in [4.69, 9.17) is 4.74 Å². The summed E-state index contributed by atoms with van der Waals surface area (Å²) in [4.78, 5) is 4.48. The van der Waals surface area contributed by atoms with Crippen molar-refractivity contribution < 1.29 is 35.8 Å². The number of fused-ring (bicyclic) bond motifs is 1. The summed E-state index contributed by atoms with van der Waals surface area (Å²) in [6.07, 6.45) is -10.00. The third kappa shape index (κ3) is 6.82. The number of halogens is 6. The third-order valence-corrected chi connectivity index (χ3v) is 5.74. The Hall–Kier alpha value is -2.91. The largest absolute Gasteiger partial charge is 0.481 e. The second kappa shape index (κ2) is 10.8. The number of para-hydroxylation sites is 1. The minimum Gasteiger partial charge on any atom is -0.481 e. The van der Waals surface area contributed by atoms with Gasteiger partial charge >= 0.3 is 12.4 Å². The molecule has 35 heavy (non-hydrogen) atoms. The SMILES string of the molecule is CCC(C)OC(=NCc1cccc2c1NCCC2)c1ccc(OC(C)C(F)(F)F)c(C(F)(F)F)c1. The van der Waals surface area contributed by atoms with E-state index in [2.05, 4.69) is 15.0 Å². The van der Waals surface area contributed by atoms with E-state index in [-0.39, 0.29) is 24.1 Å². The Morgan fingerprint density at radius 1 is 1.09 bits per heavy atom. The molecule has 1 aliphatic rings. The molecule has 0 amide bonds. The zero-order chi connectivity index (χ0) is 25.8. The van der Waals surface area contributed by atoms with Crippen molar-refractivity contribution in [3.05, 3.63) is 58.7 Å². The summed E-state index contributed by atoms with van der Waals surface area (Å²) in [6, 6.07) is 8.63. The number of aliphatic imine (C=N–C) groups is 1. The third-order valence-electron chi connectivity index (χ3n) is 5.74. The first-order chi connectivity index (χ1) is 16.4. The van der Waals surface area contributed by atoms with Crippen LogP contribution in [0.15, 0.2) is 41.4 Å². The first kappa shape index (κ1) is 26.7. The van der Waals surface area contributed by atoms with Crippen LogP contribution < -0.4 is 10.1 Å². The molecule has 1 heterocycles. The molecule has 0 saturated carbocycles. The number of aryl methyl sites for hydroxylation is 1. The topological polar surface area (TPSA) is 42.8 Å². The number of hydrogen-bond acceptors (Lipinski definition) is 4. The van der Waals surface area contributed by atoms with Gasteiger partial charge in [-0.3, -0.25) is 0 Å². The minimum absolute atomic E-state index is 0.00222. The van der Waals surface area contributed by atoms with Gasteiger partial charge in [-0.25, -0.2) is 4.99 Å². The van der Waals surface area contributed by atoms with Crippen molar-refractivity contribution in [2.75, 3.05) is 11.9 Å². The van der Waals surface area contributed by atoms with Gasteiger partial charge in [0, 0.05) is 17.8 Å². The van der Waals surface area contributed by atoms with E-state index in [1.54, 1.807) is 6.92 Å². The van der Waals surface area contributed by atoms with Crippen LogP contribution in [-0.4, -0.2) is 30.8 Å². The predicted molar refractivity (Wildman–Crippen MR) is 122 cm³/mol. The maximum absolute atomic E-state index is 13.8. The summed E-state index contributed by atoms with van der Waals surface area (Å²) < 4.78 is 90.4. The van der Waals surface area contributed by atoms with Crippen LogP contribution >= 0.6 is 0 Å². The van der Waals surface area contributed by atoms with Gasteiger partial charge in [-0.05, 0) is 62.4 Å². The fourth-order valence-corrected chi connectivity index (χ4v) is 3.58. The van der Waals surface area contributed by atoms with Crippen molar-refractivity contribution in [1.29, 1.82) is 0 Å². The maximum atomic E-state index is 13.8. The molecule has 1 N–H and O–H groups in total. The molecule has 3 rings (SSSR count). The van der Waals surface area contributed by atoms with E-state index in [0.717, 1.165) is 48.3 Å². The van der Waals surface area contributed by atoms with Crippen LogP contribution in [0.5, 0.6) is 5.75 Å². The molecule has 0 radical (unpaired) electrons. The summed E-state index contributed by atoms with van der Waals surface area (Å²) >= 11 is 0. The van der Waals surface area contributed by atoms with Crippen LogP contribution in [0.4, 0.5) is 32.0 Å². The average molecular weight is 502 g/mol. The van der Waals surface area contributed by atoms with Gasteiger partial charge in [0.25, 0.3) is 0 Å². The lowest BCUT2D eigenvalue weighted by atomic mass is 9.99. The number of rotatable bonds is 7. The lowest BCUT2D eigenvalue weighted by molar-refractivity contribution is -0.191. The van der Waals surface area contributed by atoms with E-state index >= 15 is 0 Å². The first-order valence-corrected chi connectivity index (χ1v) is 11.4. The molecule has 2 aromatic rings. The molecule has 10 heteroatoms. The number of hydrogen-bond donors (Lipinski definition) is 1. The molecule has 0 spiro atoms. The first-order valence-electron chi connectivity index (χ1n) is 11.4. The highest BCUT2D eigenvalue weighted by atomic mass is 19.4. The van der Waals surface area contributed by atoms with Gasteiger partial charge in [-0.2, -0.15) is 26.3 Å². The molecule has 4 nitrogen and oxygen atoms in total. The molecule has 0 saturated heterocycles. The van der Waals surface area contributed by atoms with Crippen LogP contribution in [0, 0.1) is 0 Å². The molecule has 2 atom stereocenters. The summed E-state index contributed by atoms with van der Waals surface area (Å²) in [5, 5.41) is 3.35. The van der Waals surface area contributed by atoms with Gasteiger partial charge < -0.3 is 14.8 Å². The number of nitrogens with one attached hydrogen (secondary N) is 1. The molecule has 0 bridgehead atoms. The Labute approximate surface area is 200 Å². The van der Waals surface area contributed by atoms with Crippen molar-refractivity contribution in [1.82, 2.24) is 0 Å². The number of alkyl halides is 6. The zero-order valence-electron chi connectivity index (χ0n) is 19.7. The monoisotopic (exact) mass is 502 g/mol. The van der Waals surface area contributed by atoms with Crippen molar-refractivity contribution in [2.45, 2.75) is 71.1 Å². The van der Waals surface area contributed by atoms with E-state index < -0.39 is 29.8 Å². The van der Waals surface area contributed by atoms with Gasteiger partial charge in [0.1, 0.15) is 5.75 Å². The van der Waals surface area contributed by atoms with Crippen LogP contribution in [0.25, 0.3) is 0 Å². The zero-order valence-corrected chi connectivity index (χ0v) is 19.7. The lowest BCUT2D eigenvalue weighted by Crippen LogP contribution is -2.32. The van der Waals surface area contributed by atoms with E-state index in [1.807, 2.05) is 25.1 Å². The second-order valence-electron chi connectivity index (χ2n) is 8.45. The van der Waals surface area contributed by atoms with Gasteiger partial charge in [0.2, 0.25) is 5.90 Å². The average Bonchev–Trinajstić information content (AvgIpc) is 2.80. The Bertz CT molecular complexity index is 1050. The van der Waals surface area contributed by atoms with E-state index in [0.29, 0.717) is 13.3 Å². The fourth-order valence-electron chi connectivity index (χ4n) is 3.58. The molecular weight excluding hydrogens is 474 g/mol. The van der Waals surface area contributed by atoms with Crippen LogP contribution in [0.1, 0.15) is 55.9 Å². The highest BCUT2D eigenvalue weighted by Gasteiger charge is 2.41. The Kier molecular flexibility index (Phi) is 8.22. The minimum atomic E-state index is -4.94. The van der Waals surface area contributed by atoms with Gasteiger partial charge in [0.15, 0.2) is 6.10 Å². The van der Waals surface area contributed by atoms with Crippen LogP contribution in [0.3, 0.4) is 0 Å². The van der Waals surface area contributed by atoms with Crippen LogP contribution in [0.2, 0.25) is 0 Å². The molecule has 2 unspecified atom stereocenters. The Morgan fingerprint density at radius 3 is 2.49 bits per heavy atom. The second-order valence-corrected chi connectivity index (χ2v) is 8.45. The Morgan fingerprint density at radius 2 is 1.83 bits per heavy atom. The summed E-state index contributed by atoms with van der Waals surface area (Å²) in [7, 11) is 0. The van der Waals surface area contributed by atoms with Crippen molar-refractivity contribution in [3.8, 4) is 5.75 Å². The summed E-state index contributed by atoms with van der Waals surface area (Å²) in [5.74, 6) is -0.927. The Balaban J connectivity index is 1.99. The summed E-state index contributed by atoms with van der Waals surface area (Å²) in [5.41, 5.74) is 1.66. The number of nitrogens with zero attached hydrogens (tertiary/aromatic N) is 1. The highest BCUT2D eigenvalue weighted by molar-refractivity contribution is 5.94. The molecule has 0 fully saturated rings. The maximum Gasteiger partial charge on any atom is 0.425 e. The summed E-state index contributed by atoms with van der Waals surface area (Å²) in [6.45, 7) is 5.25. The number of ether oxygens (including phenoxy) is 2. The van der Waals surface area contributed by atoms with Crippen molar-refractivity contribution in [2.24, 2.45) is 4.99 Å². The molecule has 0 aliphatic carbocycles. The van der Waals surface area contributed by atoms with Gasteiger partial charge in [-0.1, -0.05) is 25.1 Å². The van der Waals surface area contributed by atoms with Crippen LogP contribution in [-0.2, 0) is 23.9 Å². The molecule has 1 aliphatic heterocycles. The predicted octanol–water partition coefficient (Wildman–Crippen LogP) is 7.16. The van der Waals surface area contributed by atoms with Gasteiger partial charge in [-0.15, -0.1) is 0 Å². The van der Waals surface area contributed by atoms with E-state index in [1.165, 1.54) is 6.07 Å². The molecule has 0 aromatic heterocycles. The lowest BCUT2D eigenvalue weighted by Gasteiger charge is -2.22. The van der Waals surface area contributed by atoms with Gasteiger partial charge in [0.05, 0.1) is 18.2 Å². The molecular formula is C25H28F6N2O2. The smallest absolute Gasteiger partial charge is 0.425 e. The fraction of sp³-hybridized carbons (Fsp3) is 0.480. The molecule has 2 aromatic carbocycles. The highest BCUT2D eigenvalue weighted by Crippen LogP contribution is 2.39. The number of benzene rings is 2. The van der Waals surface area contributed by atoms with Crippen molar-refractivity contribution in [3.63, 3.8) is 0 Å². The number of anilines is 1. The standard InChI is InChI=1S/C25H28F6N2O2/c1-4-15(2)34-23(33-14-19-8-5-7-17-9-6-12-32-22(17)19)18-10-11-21(20(13-18)25(29,30)31)35-16(3)24(26,27)28/h5,7-8,10-11,13,15-16,32H,4,6,9,12,14H2,1-3H3.